The number of rotatable bonds is 3. The summed E-state index contributed by atoms with van der Waals surface area (Å²) in [4.78, 5) is 0. The van der Waals surface area contributed by atoms with Crippen molar-refractivity contribution in [3.05, 3.63) is 29.6 Å². The van der Waals surface area contributed by atoms with Crippen molar-refractivity contribution in [2.75, 3.05) is 13.2 Å². The minimum absolute atomic E-state index is 0.0630. The maximum Gasteiger partial charge on any atom is 0.387 e. The number of nitrogens with one attached hydrogen (secondary N) is 1. The number of ether oxygens (including phenoxy) is 2. The molecule has 2 N–H and O–H groups in total. The standard InChI is InChI=1S/C14H16F3NO3/c15-8-1-2-11(12(3-8)21-13(16)17)14(19)4-9-6-20-7-10(5-14)18-9/h1-3,9-10,13,18-19H,4-7H2. The van der Waals surface area contributed by atoms with Crippen molar-refractivity contribution in [1.29, 1.82) is 0 Å². The Labute approximate surface area is 119 Å². The van der Waals surface area contributed by atoms with E-state index in [2.05, 4.69) is 10.1 Å². The molecule has 7 heteroatoms. The molecule has 2 aliphatic heterocycles. The van der Waals surface area contributed by atoms with Crippen LogP contribution in [0.2, 0.25) is 0 Å². The zero-order chi connectivity index (χ0) is 15.0. The fourth-order valence-corrected chi connectivity index (χ4v) is 3.21. The highest BCUT2D eigenvalue weighted by atomic mass is 19.3. The summed E-state index contributed by atoms with van der Waals surface area (Å²) in [6, 6.07) is 3.21. The molecule has 2 saturated heterocycles. The first-order chi connectivity index (χ1) is 9.96. The number of benzene rings is 1. The lowest BCUT2D eigenvalue weighted by Crippen LogP contribution is -2.58. The molecule has 21 heavy (non-hydrogen) atoms. The average Bonchev–Trinajstić information content (AvgIpc) is 2.36. The van der Waals surface area contributed by atoms with E-state index in [1.807, 2.05) is 0 Å². The van der Waals surface area contributed by atoms with E-state index < -0.39 is 18.0 Å². The van der Waals surface area contributed by atoms with Crippen molar-refractivity contribution in [3.8, 4) is 5.75 Å². The van der Waals surface area contributed by atoms with Crippen LogP contribution in [0.4, 0.5) is 13.2 Å². The van der Waals surface area contributed by atoms with Crippen LogP contribution in [-0.4, -0.2) is 37.0 Å². The van der Waals surface area contributed by atoms with E-state index in [0.29, 0.717) is 26.1 Å². The molecule has 1 aromatic carbocycles. The SMILES string of the molecule is OC1(c2ccc(F)cc2OC(F)F)CC2COCC(C1)N2. The van der Waals surface area contributed by atoms with Crippen LogP contribution in [0.15, 0.2) is 18.2 Å². The summed E-state index contributed by atoms with van der Waals surface area (Å²) < 4.78 is 48.1. The Hall–Kier alpha value is -1.31. The fraction of sp³-hybridized carbons (Fsp3) is 0.571. The Bertz CT molecular complexity index is 514. The first kappa shape index (κ1) is 14.6. The van der Waals surface area contributed by atoms with Gasteiger partial charge in [-0.15, -0.1) is 0 Å². The first-order valence-corrected chi connectivity index (χ1v) is 6.77. The second-order valence-corrected chi connectivity index (χ2v) is 5.56. The normalized spacial score (nSPS) is 32.2. The van der Waals surface area contributed by atoms with Crippen molar-refractivity contribution < 1.29 is 27.8 Å². The van der Waals surface area contributed by atoms with Crippen LogP contribution in [0.5, 0.6) is 5.75 Å². The molecule has 2 bridgehead atoms. The number of morpholine rings is 1. The van der Waals surface area contributed by atoms with Crippen molar-refractivity contribution >= 4 is 0 Å². The van der Waals surface area contributed by atoms with E-state index in [9.17, 15) is 18.3 Å². The summed E-state index contributed by atoms with van der Waals surface area (Å²) in [5, 5.41) is 14.2. The van der Waals surface area contributed by atoms with Gasteiger partial charge in [-0.25, -0.2) is 4.39 Å². The highest BCUT2D eigenvalue weighted by Crippen LogP contribution is 2.41. The summed E-state index contributed by atoms with van der Waals surface area (Å²) in [7, 11) is 0. The van der Waals surface area contributed by atoms with Crippen LogP contribution in [0.25, 0.3) is 0 Å². The lowest BCUT2D eigenvalue weighted by Gasteiger charge is -2.45. The molecule has 2 atom stereocenters. The van der Waals surface area contributed by atoms with Crippen LogP contribution in [-0.2, 0) is 10.3 Å². The summed E-state index contributed by atoms with van der Waals surface area (Å²) in [5.41, 5.74) is -1.13. The molecule has 116 valence electrons. The molecule has 2 unspecified atom stereocenters. The molecule has 2 fully saturated rings. The Morgan fingerprint density at radius 1 is 1.29 bits per heavy atom. The Morgan fingerprint density at radius 3 is 2.57 bits per heavy atom. The lowest BCUT2D eigenvalue weighted by molar-refractivity contribution is -0.0869. The molecule has 4 nitrogen and oxygen atoms in total. The van der Waals surface area contributed by atoms with Crippen LogP contribution >= 0.6 is 0 Å². The molecule has 2 aliphatic rings. The van der Waals surface area contributed by atoms with Gasteiger partial charge in [-0.1, -0.05) is 0 Å². The molecule has 1 aromatic rings. The van der Waals surface area contributed by atoms with Gasteiger partial charge in [0.25, 0.3) is 0 Å². The second kappa shape index (κ2) is 5.47. The van der Waals surface area contributed by atoms with Gasteiger partial charge in [0, 0.05) is 23.7 Å². The molecule has 0 aromatic heterocycles. The molecular weight excluding hydrogens is 287 g/mol. The molecule has 2 heterocycles. The molecule has 3 rings (SSSR count). The topological polar surface area (TPSA) is 50.7 Å². The lowest BCUT2D eigenvalue weighted by atomic mass is 9.77. The highest BCUT2D eigenvalue weighted by molar-refractivity contribution is 5.39. The number of piperidine rings is 1. The Kier molecular flexibility index (Phi) is 3.81. The number of fused-ring (bicyclic) bond motifs is 2. The molecule has 0 saturated carbocycles. The zero-order valence-corrected chi connectivity index (χ0v) is 11.2. The van der Waals surface area contributed by atoms with E-state index in [0.717, 1.165) is 12.1 Å². The van der Waals surface area contributed by atoms with Gasteiger partial charge < -0.3 is 19.9 Å². The number of hydrogen-bond acceptors (Lipinski definition) is 4. The average molecular weight is 303 g/mol. The minimum atomic E-state index is -3.07. The van der Waals surface area contributed by atoms with Crippen molar-refractivity contribution in [2.45, 2.75) is 37.1 Å². The van der Waals surface area contributed by atoms with E-state index in [4.69, 9.17) is 4.74 Å². The Morgan fingerprint density at radius 2 is 1.95 bits per heavy atom. The van der Waals surface area contributed by atoms with Gasteiger partial charge in [0.15, 0.2) is 0 Å². The number of alkyl halides is 2. The smallest absolute Gasteiger partial charge is 0.387 e. The number of hydrogen-bond donors (Lipinski definition) is 2. The van der Waals surface area contributed by atoms with Crippen LogP contribution in [0.1, 0.15) is 18.4 Å². The third-order valence-corrected chi connectivity index (χ3v) is 3.94. The fourth-order valence-electron chi connectivity index (χ4n) is 3.21. The maximum absolute atomic E-state index is 13.3. The summed E-state index contributed by atoms with van der Waals surface area (Å²) in [5.74, 6) is -0.996. The van der Waals surface area contributed by atoms with Crippen LogP contribution < -0.4 is 10.1 Å². The monoisotopic (exact) mass is 303 g/mol. The molecular formula is C14H16F3NO3. The molecule has 0 radical (unpaired) electrons. The van der Waals surface area contributed by atoms with Gasteiger partial charge in [0.1, 0.15) is 11.6 Å². The van der Waals surface area contributed by atoms with E-state index >= 15 is 0 Å². The van der Waals surface area contributed by atoms with Crippen LogP contribution in [0, 0.1) is 5.82 Å². The van der Waals surface area contributed by atoms with Crippen LogP contribution in [0.3, 0.4) is 0 Å². The summed E-state index contributed by atoms with van der Waals surface area (Å²) in [6.07, 6.45) is 0.601. The van der Waals surface area contributed by atoms with Crippen molar-refractivity contribution in [3.63, 3.8) is 0 Å². The van der Waals surface area contributed by atoms with E-state index in [1.54, 1.807) is 0 Å². The van der Waals surface area contributed by atoms with Gasteiger partial charge in [0.05, 0.1) is 18.8 Å². The van der Waals surface area contributed by atoms with Gasteiger partial charge in [0.2, 0.25) is 0 Å². The van der Waals surface area contributed by atoms with Gasteiger partial charge in [-0.2, -0.15) is 8.78 Å². The van der Waals surface area contributed by atoms with E-state index in [1.165, 1.54) is 6.07 Å². The first-order valence-electron chi connectivity index (χ1n) is 6.77. The van der Waals surface area contributed by atoms with Gasteiger partial charge in [-0.3, -0.25) is 0 Å². The highest BCUT2D eigenvalue weighted by Gasteiger charge is 2.44. The summed E-state index contributed by atoms with van der Waals surface area (Å²) >= 11 is 0. The maximum atomic E-state index is 13.3. The quantitative estimate of drug-likeness (QED) is 0.893. The minimum Gasteiger partial charge on any atom is -0.434 e. The molecule has 0 amide bonds. The predicted octanol–water partition coefficient (Wildman–Crippen LogP) is 1.77. The number of aliphatic hydroxyl groups is 1. The third kappa shape index (κ3) is 3.00. The predicted molar refractivity (Wildman–Crippen MR) is 67.7 cm³/mol. The zero-order valence-electron chi connectivity index (χ0n) is 11.2. The van der Waals surface area contributed by atoms with E-state index in [-0.39, 0.29) is 23.4 Å². The molecule has 0 spiro atoms. The largest absolute Gasteiger partial charge is 0.434 e. The Balaban J connectivity index is 1.94. The summed E-state index contributed by atoms with van der Waals surface area (Å²) in [6.45, 7) is -2.17. The third-order valence-electron chi connectivity index (χ3n) is 3.94. The number of halogens is 3. The van der Waals surface area contributed by atoms with Gasteiger partial charge in [-0.05, 0) is 25.0 Å². The van der Waals surface area contributed by atoms with Gasteiger partial charge >= 0.3 is 6.61 Å². The van der Waals surface area contributed by atoms with Crippen molar-refractivity contribution in [1.82, 2.24) is 5.32 Å². The second-order valence-electron chi connectivity index (χ2n) is 5.56. The van der Waals surface area contributed by atoms with Crippen molar-refractivity contribution in [2.24, 2.45) is 0 Å². The molecule has 0 aliphatic carbocycles.